The quantitative estimate of drug-likeness (QED) is 0.844. The van der Waals surface area contributed by atoms with Crippen molar-refractivity contribution < 1.29 is 0 Å². The fraction of sp³-hybridized carbons (Fsp3) is 0.286. The SMILES string of the molecule is CCN(Cc1cccc(C)n1)c1ccc(Cl)cn1. The van der Waals surface area contributed by atoms with Crippen LogP contribution in [0, 0.1) is 6.92 Å². The van der Waals surface area contributed by atoms with E-state index in [4.69, 9.17) is 11.6 Å². The molecule has 18 heavy (non-hydrogen) atoms. The maximum absolute atomic E-state index is 5.85. The Kier molecular flexibility index (Phi) is 4.15. The van der Waals surface area contributed by atoms with Crippen molar-refractivity contribution in [2.24, 2.45) is 0 Å². The van der Waals surface area contributed by atoms with E-state index in [1.165, 1.54) is 0 Å². The van der Waals surface area contributed by atoms with Crippen molar-refractivity contribution in [1.29, 1.82) is 0 Å². The molecule has 2 rings (SSSR count). The standard InChI is InChI=1S/C14H16ClN3/c1-3-18(14-8-7-12(15)9-16-14)10-13-6-4-5-11(2)17-13/h4-9H,3,10H2,1-2H3. The minimum atomic E-state index is 0.656. The first kappa shape index (κ1) is 12.8. The molecule has 3 nitrogen and oxygen atoms in total. The highest BCUT2D eigenvalue weighted by atomic mass is 35.5. The summed E-state index contributed by atoms with van der Waals surface area (Å²) in [7, 11) is 0. The molecule has 0 saturated heterocycles. The Hall–Kier alpha value is -1.61. The Labute approximate surface area is 112 Å². The van der Waals surface area contributed by atoms with Gasteiger partial charge in [-0.1, -0.05) is 17.7 Å². The first-order valence-electron chi connectivity index (χ1n) is 5.98. The molecule has 0 aliphatic heterocycles. The van der Waals surface area contributed by atoms with Gasteiger partial charge in [-0.3, -0.25) is 4.98 Å². The number of rotatable bonds is 4. The number of hydrogen-bond donors (Lipinski definition) is 0. The van der Waals surface area contributed by atoms with E-state index in [0.29, 0.717) is 5.02 Å². The zero-order chi connectivity index (χ0) is 13.0. The third-order valence-corrected chi connectivity index (χ3v) is 2.94. The van der Waals surface area contributed by atoms with Crippen molar-refractivity contribution >= 4 is 17.4 Å². The summed E-state index contributed by atoms with van der Waals surface area (Å²) in [6.45, 7) is 5.74. The van der Waals surface area contributed by atoms with E-state index < -0.39 is 0 Å². The maximum atomic E-state index is 5.85. The molecule has 0 bridgehead atoms. The lowest BCUT2D eigenvalue weighted by molar-refractivity contribution is 0.791. The lowest BCUT2D eigenvalue weighted by Gasteiger charge is -2.21. The Bertz CT molecular complexity index is 511. The summed E-state index contributed by atoms with van der Waals surface area (Å²) in [6, 6.07) is 9.85. The van der Waals surface area contributed by atoms with Crippen molar-refractivity contribution in [3.8, 4) is 0 Å². The van der Waals surface area contributed by atoms with Gasteiger partial charge in [-0.05, 0) is 38.1 Å². The molecule has 2 heterocycles. The average molecular weight is 262 g/mol. The van der Waals surface area contributed by atoms with Crippen LogP contribution in [-0.4, -0.2) is 16.5 Å². The molecule has 0 fully saturated rings. The van der Waals surface area contributed by atoms with Crippen molar-refractivity contribution in [3.63, 3.8) is 0 Å². The zero-order valence-electron chi connectivity index (χ0n) is 10.6. The molecule has 0 N–H and O–H groups in total. The van der Waals surface area contributed by atoms with Crippen LogP contribution in [0.4, 0.5) is 5.82 Å². The third kappa shape index (κ3) is 3.20. The van der Waals surface area contributed by atoms with E-state index >= 15 is 0 Å². The second kappa shape index (κ2) is 5.83. The van der Waals surface area contributed by atoms with E-state index in [2.05, 4.69) is 21.8 Å². The van der Waals surface area contributed by atoms with E-state index in [1.54, 1.807) is 6.20 Å². The fourth-order valence-corrected chi connectivity index (χ4v) is 1.90. The normalized spacial score (nSPS) is 10.4. The Morgan fingerprint density at radius 2 is 2.06 bits per heavy atom. The van der Waals surface area contributed by atoms with Crippen LogP contribution in [0.3, 0.4) is 0 Å². The summed E-state index contributed by atoms with van der Waals surface area (Å²) in [5.74, 6) is 0.921. The van der Waals surface area contributed by atoms with E-state index in [0.717, 1.165) is 30.3 Å². The highest BCUT2D eigenvalue weighted by Crippen LogP contribution is 2.16. The van der Waals surface area contributed by atoms with Crippen LogP contribution in [0.15, 0.2) is 36.5 Å². The van der Waals surface area contributed by atoms with Gasteiger partial charge in [0.05, 0.1) is 17.3 Å². The van der Waals surface area contributed by atoms with Crippen molar-refractivity contribution in [2.75, 3.05) is 11.4 Å². The molecule has 0 aliphatic rings. The van der Waals surface area contributed by atoms with Crippen LogP contribution in [0.5, 0.6) is 0 Å². The molecule has 94 valence electrons. The number of anilines is 1. The largest absolute Gasteiger partial charge is 0.351 e. The Balaban J connectivity index is 2.17. The first-order chi connectivity index (χ1) is 8.69. The average Bonchev–Trinajstić information content (AvgIpc) is 2.37. The van der Waals surface area contributed by atoms with Gasteiger partial charge in [-0.25, -0.2) is 4.98 Å². The molecule has 0 amide bonds. The van der Waals surface area contributed by atoms with Gasteiger partial charge in [0.1, 0.15) is 5.82 Å². The second-order valence-electron chi connectivity index (χ2n) is 4.12. The smallest absolute Gasteiger partial charge is 0.128 e. The van der Waals surface area contributed by atoms with E-state index in [9.17, 15) is 0 Å². The molecule has 0 saturated carbocycles. The molecule has 0 radical (unpaired) electrons. The lowest BCUT2D eigenvalue weighted by Crippen LogP contribution is -2.23. The van der Waals surface area contributed by atoms with Gasteiger partial charge in [0.2, 0.25) is 0 Å². The summed E-state index contributed by atoms with van der Waals surface area (Å²) in [5, 5.41) is 0.656. The molecule has 0 spiro atoms. The van der Waals surface area contributed by atoms with Crippen LogP contribution in [0.25, 0.3) is 0 Å². The number of aromatic nitrogens is 2. The topological polar surface area (TPSA) is 29.0 Å². The summed E-state index contributed by atoms with van der Waals surface area (Å²) in [5.41, 5.74) is 2.08. The monoisotopic (exact) mass is 261 g/mol. The molecule has 4 heteroatoms. The van der Waals surface area contributed by atoms with Gasteiger partial charge in [0, 0.05) is 18.4 Å². The zero-order valence-corrected chi connectivity index (χ0v) is 11.4. The number of nitrogens with zero attached hydrogens (tertiary/aromatic N) is 3. The first-order valence-corrected chi connectivity index (χ1v) is 6.36. The van der Waals surface area contributed by atoms with Crippen LogP contribution >= 0.6 is 11.6 Å². The minimum absolute atomic E-state index is 0.656. The van der Waals surface area contributed by atoms with E-state index in [1.807, 2.05) is 37.3 Å². The number of hydrogen-bond acceptors (Lipinski definition) is 3. The van der Waals surface area contributed by atoms with Gasteiger partial charge >= 0.3 is 0 Å². The highest BCUT2D eigenvalue weighted by Gasteiger charge is 2.07. The van der Waals surface area contributed by atoms with Gasteiger partial charge < -0.3 is 4.90 Å². The highest BCUT2D eigenvalue weighted by molar-refractivity contribution is 6.30. The number of halogens is 1. The molecule has 0 aromatic carbocycles. The predicted molar refractivity (Wildman–Crippen MR) is 74.9 cm³/mol. The van der Waals surface area contributed by atoms with Crippen LogP contribution < -0.4 is 4.90 Å². The van der Waals surface area contributed by atoms with Crippen LogP contribution in [0.2, 0.25) is 5.02 Å². The number of aryl methyl sites for hydroxylation is 1. The Morgan fingerprint density at radius 1 is 1.22 bits per heavy atom. The summed E-state index contributed by atoms with van der Waals surface area (Å²) in [6.07, 6.45) is 1.67. The molecule has 0 unspecified atom stereocenters. The van der Waals surface area contributed by atoms with Gasteiger partial charge in [-0.15, -0.1) is 0 Å². The molecular weight excluding hydrogens is 246 g/mol. The van der Waals surface area contributed by atoms with Gasteiger partial charge in [0.15, 0.2) is 0 Å². The molecule has 0 aliphatic carbocycles. The molecule has 0 atom stereocenters. The minimum Gasteiger partial charge on any atom is -0.351 e. The van der Waals surface area contributed by atoms with Crippen molar-refractivity contribution in [2.45, 2.75) is 20.4 Å². The summed E-state index contributed by atoms with van der Waals surface area (Å²) >= 11 is 5.85. The molecule has 2 aromatic rings. The molecule has 2 aromatic heterocycles. The van der Waals surface area contributed by atoms with Gasteiger partial charge in [0.25, 0.3) is 0 Å². The van der Waals surface area contributed by atoms with Crippen molar-refractivity contribution in [3.05, 3.63) is 52.9 Å². The van der Waals surface area contributed by atoms with Crippen molar-refractivity contribution in [1.82, 2.24) is 9.97 Å². The second-order valence-corrected chi connectivity index (χ2v) is 4.56. The van der Waals surface area contributed by atoms with Gasteiger partial charge in [-0.2, -0.15) is 0 Å². The van der Waals surface area contributed by atoms with E-state index in [-0.39, 0.29) is 0 Å². The number of pyridine rings is 2. The maximum Gasteiger partial charge on any atom is 0.128 e. The fourth-order valence-electron chi connectivity index (χ4n) is 1.79. The molecular formula is C14H16ClN3. The summed E-state index contributed by atoms with van der Waals surface area (Å²) < 4.78 is 0. The lowest BCUT2D eigenvalue weighted by atomic mass is 10.3. The predicted octanol–water partition coefficient (Wildman–Crippen LogP) is 3.46. The Morgan fingerprint density at radius 3 is 2.67 bits per heavy atom. The van der Waals surface area contributed by atoms with Crippen LogP contribution in [-0.2, 0) is 6.54 Å². The van der Waals surface area contributed by atoms with Crippen LogP contribution in [0.1, 0.15) is 18.3 Å². The summed E-state index contributed by atoms with van der Waals surface area (Å²) in [4.78, 5) is 11.0. The third-order valence-electron chi connectivity index (χ3n) is 2.72.